The van der Waals surface area contributed by atoms with Crippen LogP contribution >= 0.6 is 0 Å². The Hall–Kier alpha value is -4.15. The molecule has 4 aromatic heterocycles. The third-order valence-electron chi connectivity index (χ3n) is 7.40. The number of imidazole rings is 1. The fourth-order valence-electron chi connectivity index (χ4n) is 5.87. The van der Waals surface area contributed by atoms with Crippen molar-refractivity contribution in [3.05, 3.63) is 48.2 Å². The average Bonchev–Trinajstić information content (AvgIpc) is 3.62. The number of anilines is 1. The summed E-state index contributed by atoms with van der Waals surface area (Å²) in [6.45, 7) is 0.486. The maximum absolute atomic E-state index is 13.2. The summed E-state index contributed by atoms with van der Waals surface area (Å²) in [5, 5.41) is 4.42. The summed E-state index contributed by atoms with van der Waals surface area (Å²) in [6.07, 6.45) is 9.69. The molecule has 1 amide bonds. The Morgan fingerprint density at radius 1 is 1.17 bits per heavy atom. The first kappa shape index (κ1) is 22.3. The summed E-state index contributed by atoms with van der Waals surface area (Å²) in [7, 11) is 0. The van der Waals surface area contributed by atoms with Crippen LogP contribution in [-0.2, 0) is 4.79 Å². The van der Waals surface area contributed by atoms with Crippen LogP contribution in [0.3, 0.4) is 0 Å². The van der Waals surface area contributed by atoms with Crippen molar-refractivity contribution in [3.8, 4) is 22.6 Å². The van der Waals surface area contributed by atoms with Crippen LogP contribution in [0.25, 0.3) is 28.3 Å². The molecular weight excluding hydrogens is 463 g/mol. The summed E-state index contributed by atoms with van der Waals surface area (Å²) >= 11 is 0. The highest BCUT2D eigenvalue weighted by atomic mass is 19.1. The van der Waals surface area contributed by atoms with Gasteiger partial charge in [0.05, 0.1) is 17.5 Å². The van der Waals surface area contributed by atoms with Gasteiger partial charge in [0.15, 0.2) is 23.9 Å². The normalized spacial score (nSPS) is 21.3. The molecule has 6 rings (SSSR count). The number of nitrogens with zero attached hydrogens (tertiary/aromatic N) is 6. The number of aromatic nitrogens is 6. The molecule has 0 spiro atoms. The molecule has 1 unspecified atom stereocenters. The zero-order chi connectivity index (χ0) is 25.0. The third kappa shape index (κ3) is 3.45. The Balaban J connectivity index is 1.42. The zero-order valence-corrected chi connectivity index (χ0v) is 19.7. The van der Waals surface area contributed by atoms with E-state index in [1.54, 1.807) is 29.7 Å². The number of halogens is 1. The largest absolute Gasteiger partial charge is 0.383 e. The van der Waals surface area contributed by atoms with Gasteiger partial charge in [0, 0.05) is 47.7 Å². The van der Waals surface area contributed by atoms with Crippen molar-refractivity contribution in [3.63, 3.8) is 0 Å². The predicted octanol–water partition coefficient (Wildman–Crippen LogP) is 3.17. The van der Waals surface area contributed by atoms with Gasteiger partial charge in [0.25, 0.3) is 5.91 Å². The number of hydrogen-bond acceptors (Lipinski definition) is 7. The van der Waals surface area contributed by atoms with E-state index in [9.17, 15) is 14.0 Å². The molecule has 36 heavy (non-hydrogen) atoms. The Morgan fingerprint density at radius 3 is 2.56 bits per heavy atom. The lowest BCUT2D eigenvalue weighted by Crippen LogP contribution is -2.47. The predicted molar refractivity (Wildman–Crippen MR) is 130 cm³/mol. The molecule has 4 aromatic rings. The summed E-state index contributed by atoms with van der Waals surface area (Å²) in [5.74, 6) is 0.194. The molecule has 0 radical (unpaired) electrons. The maximum Gasteiger partial charge on any atom is 0.254 e. The molecule has 2 bridgehead atoms. The van der Waals surface area contributed by atoms with E-state index in [0.29, 0.717) is 41.3 Å². The van der Waals surface area contributed by atoms with E-state index < -0.39 is 12.6 Å². The second kappa shape index (κ2) is 8.51. The van der Waals surface area contributed by atoms with E-state index in [2.05, 4.69) is 20.1 Å². The number of hydrogen-bond donors (Lipinski definition) is 2. The summed E-state index contributed by atoms with van der Waals surface area (Å²) in [4.78, 5) is 43.3. The number of fused-ring (bicyclic) bond motifs is 3. The molecule has 3 N–H and O–H groups in total. The number of Topliss-reactive ketones (excluding diaryl/α,β-unsaturated/α-hetero) is 1. The maximum atomic E-state index is 13.2. The number of nitrogen functional groups attached to an aromatic ring is 1. The number of rotatable bonds is 5. The van der Waals surface area contributed by atoms with Crippen molar-refractivity contribution in [1.82, 2.24) is 34.4 Å². The molecule has 0 saturated carbocycles. The molecule has 184 valence electrons. The van der Waals surface area contributed by atoms with E-state index in [1.807, 2.05) is 12.1 Å². The molecule has 0 aliphatic carbocycles. The number of H-pyrrole nitrogens is 1. The molecule has 0 aromatic carbocycles. The highest BCUT2D eigenvalue weighted by Gasteiger charge is 2.44. The molecule has 2 fully saturated rings. The lowest BCUT2D eigenvalue weighted by Gasteiger charge is -2.38. The lowest BCUT2D eigenvalue weighted by molar-refractivity contribution is -0.136. The average molecular weight is 489 g/mol. The molecule has 3 atom stereocenters. The van der Waals surface area contributed by atoms with Crippen LogP contribution in [0, 0.1) is 0 Å². The van der Waals surface area contributed by atoms with Gasteiger partial charge in [0.2, 0.25) is 0 Å². The number of amides is 1. The van der Waals surface area contributed by atoms with Crippen molar-refractivity contribution in [2.45, 2.75) is 50.6 Å². The van der Waals surface area contributed by atoms with Crippen LogP contribution in [-0.4, -0.2) is 64.9 Å². The third-order valence-corrected chi connectivity index (χ3v) is 7.40. The molecular formula is C25H25FN8O2. The number of carbonyl (C=O) groups excluding carboxylic acids is 2. The van der Waals surface area contributed by atoms with Crippen molar-refractivity contribution in [2.75, 3.05) is 12.4 Å². The van der Waals surface area contributed by atoms with Crippen LogP contribution in [0.5, 0.6) is 0 Å². The van der Waals surface area contributed by atoms with Crippen molar-refractivity contribution >= 4 is 23.2 Å². The second-order valence-corrected chi connectivity index (χ2v) is 9.46. The van der Waals surface area contributed by atoms with Crippen LogP contribution in [0.1, 0.15) is 54.6 Å². The number of nitrogens with one attached hydrogen (secondary N) is 1. The number of pyridine rings is 1. The zero-order valence-electron chi connectivity index (χ0n) is 19.7. The minimum Gasteiger partial charge on any atom is -0.383 e. The molecule has 6 heterocycles. The van der Waals surface area contributed by atoms with Gasteiger partial charge in [-0.15, -0.1) is 0 Å². The lowest BCUT2D eigenvalue weighted by atomic mass is 9.85. The molecule has 10 nitrogen and oxygen atoms in total. The molecule has 2 aliphatic rings. The van der Waals surface area contributed by atoms with E-state index in [-0.39, 0.29) is 29.6 Å². The number of alkyl halides is 1. The van der Waals surface area contributed by atoms with Gasteiger partial charge >= 0.3 is 0 Å². The van der Waals surface area contributed by atoms with Gasteiger partial charge in [0.1, 0.15) is 11.5 Å². The van der Waals surface area contributed by atoms with E-state index in [0.717, 1.165) is 24.0 Å². The van der Waals surface area contributed by atoms with Crippen molar-refractivity contribution in [2.24, 2.45) is 0 Å². The van der Waals surface area contributed by atoms with E-state index in [4.69, 9.17) is 10.7 Å². The van der Waals surface area contributed by atoms with Gasteiger partial charge in [-0.3, -0.25) is 14.6 Å². The molecule has 2 aliphatic heterocycles. The first-order valence-electron chi connectivity index (χ1n) is 12.0. The first-order chi connectivity index (χ1) is 17.5. The minimum atomic E-state index is -0.987. The molecule has 2 saturated heterocycles. The SMILES string of the molecule is CC(=O)c1c(C2C[C@H]3CC[C@@H](C2)N3C(=O)CF)nc2c(-c3ccc(-c4ncc[nH]4)nc3)cnn2c1N. The Labute approximate surface area is 205 Å². The smallest absolute Gasteiger partial charge is 0.254 e. The van der Waals surface area contributed by atoms with Crippen molar-refractivity contribution < 1.29 is 14.0 Å². The quantitative estimate of drug-likeness (QED) is 0.412. The van der Waals surface area contributed by atoms with Crippen LogP contribution in [0.4, 0.5) is 10.2 Å². The summed E-state index contributed by atoms with van der Waals surface area (Å²) < 4.78 is 14.6. The number of ketones is 1. The Kier molecular flexibility index (Phi) is 5.27. The van der Waals surface area contributed by atoms with Gasteiger partial charge in [-0.1, -0.05) is 6.07 Å². The Bertz CT molecular complexity index is 1450. The van der Waals surface area contributed by atoms with E-state index in [1.165, 1.54) is 11.4 Å². The molecule has 11 heteroatoms. The Morgan fingerprint density at radius 2 is 1.94 bits per heavy atom. The number of carbonyl (C=O) groups is 2. The number of nitrogens with two attached hydrogens (primary N) is 1. The van der Waals surface area contributed by atoms with Gasteiger partial charge in [-0.2, -0.15) is 9.61 Å². The minimum absolute atomic E-state index is 0.0567. The van der Waals surface area contributed by atoms with Crippen LogP contribution in [0.2, 0.25) is 0 Å². The van der Waals surface area contributed by atoms with Crippen LogP contribution < -0.4 is 5.73 Å². The highest BCUT2D eigenvalue weighted by molar-refractivity contribution is 6.00. The van der Waals surface area contributed by atoms with Crippen LogP contribution in [0.15, 0.2) is 36.9 Å². The van der Waals surface area contributed by atoms with Gasteiger partial charge in [-0.25, -0.2) is 14.4 Å². The summed E-state index contributed by atoms with van der Waals surface area (Å²) in [6, 6.07) is 3.67. The monoisotopic (exact) mass is 488 g/mol. The topological polar surface area (TPSA) is 135 Å². The second-order valence-electron chi connectivity index (χ2n) is 9.46. The summed E-state index contributed by atoms with van der Waals surface area (Å²) in [5.41, 5.74) is 10.3. The fourth-order valence-corrected chi connectivity index (χ4v) is 5.87. The highest BCUT2D eigenvalue weighted by Crippen LogP contribution is 2.44. The first-order valence-corrected chi connectivity index (χ1v) is 12.0. The fraction of sp³-hybridized carbons (Fsp3) is 0.360. The van der Waals surface area contributed by atoms with E-state index >= 15 is 0 Å². The standard InChI is InChI=1S/C25H25FN8O2/c1-13(35)21-22(15-8-16-3-4-17(9-15)33(16)20(36)10-26)32-25-18(12-31-34(25)23(21)27)14-2-5-19(30-11-14)24-28-6-7-29-24/h2,5-7,11-12,15-17H,3-4,8-10,27H2,1H3,(H,28,29)/t15?,16-,17+. The number of piperidine rings is 1. The van der Waals surface area contributed by atoms with Gasteiger partial charge < -0.3 is 15.6 Å². The number of aromatic amines is 1. The van der Waals surface area contributed by atoms with Crippen molar-refractivity contribution in [1.29, 1.82) is 0 Å². The van der Waals surface area contributed by atoms with Gasteiger partial charge in [-0.05, 0) is 38.7 Å².